The van der Waals surface area contributed by atoms with Crippen LogP contribution in [0, 0.1) is 18.3 Å². The summed E-state index contributed by atoms with van der Waals surface area (Å²) in [5.41, 5.74) is 10.9. The molecule has 3 N–H and O–H groups in total. The van der Waals surface area contributed by atoms with Crippen LogP contribution in [0.15, 0.2) is 80.0 Å². The Bertz CT molecular complexity index is 1520. The first-order valence-electron chi connectivity index (χ1n) is 11.9. The van der Waals surface area contributed by atoms with Crippen LogP contribution in [0.25, 0.3) is 0 Å². The number of benzene rings is 2. The predicted molar refractivity (Wildman–Crippen MR) is 153 cm³/mol. The van der Waals surface area contributed by atoms with Gasteiger partial charge in [0.2, 0.25) is 11.0 Å². The van der Waals surface area contributed by atoms with Crippen molar-refractivity contribution in [1.29, 1.82) is 5.26 Å². The van der Waals surface area contributed by atoms with Crippen molar-refractivity contribution in [2.45, 2.75) is 36.4 Å². The Balaban J connectivity index is 1.42. The summed E-state index contributed by atoms with van der Waals surface area (Å²) in [6.45, 7) is 1.97. The minimum absolute atomic E-state index is 0.0105. The van der Waals surface area contributed by atoms with Gasteiger partial charge in [0.25, 0.3) is 0 Å². The van der Waals surface area contributed by atoms with Crippen molar-refractivity contribution < 1.29 is 9.59 Å². The summed E-state index contributed by atoms with van der Waals surface area (Å²) in [5.74, 6) is -0.258. The van der Waals surface area contributed by atoms with Crippen LogP contribution >= 0.6 is 39.0 Å². The number of allylic oxidation sites excluding steroid dienone is 3. The lowest BCUT2D eigenvalue weighted by atomic mass is 9.76. The Morgan fingerprint density at radius 3 is 2.79 bits per heavy atom. The Hall–Kier alpha value is -3.46. The second kappa shape index (κ2) is 11.1. The first kappa shape index (κ1) is 26.2. The number of carbonyl (C=O) groups excluding carboxylic acids is 2. The summed E-state index contributed by atoms with van der Waals surface area (Å²) >= 11 is 5.99. The third kappa shape index (κ3) is 5.25. The summed E-state index contributed by atoms with van der Waals surface area (Å²) < 4.78 is 1.50. The van der Waals surface area contributed by atoms with Crippen molar-refractivity contribution in [3.8, 4) is 6.07 Å². The zero-order valence-electron chi connectivity index (χ0n) is 20.4. The molecule has 1 aliphatic heterocycles. The van der Waals surface area contributed by atoms with E-state index in [-0.39, 0.29) is 23.3 Å². The molecule has 1 aromatic heterocycles. The highest BCUT2D eigenvalue weighted by atomic mass is 79.9. The normalized spacial score (nSPS) is 17.3. The molecule has 0 saturated heterocycles. The number of nitriles is 1. The van der Waals surface area contributed by atoms with Crippen LogP contribution in [0.2, 0.25) is 0 Å². The SMILES string of the molecule is Cc1cccc(NC(=O)CSc2nnc(N3C(N)=C(C#N)C(c4ccc(Br)cc4)C4=C3CCCC4=O)s2)c1. The third-order valence-corrected chi connectivity index (χ3v) is 8.90. The number of hydrogen-bond donors (Lipinski definition) is 2. The molecule has 0 fully saturated rings. The maximum Gasteiger partial charge on any atom is 0.234 e. The fourth-order valence-electron chi connectivity index (χ4n) is 4.69. The first-order chi connectivity index (χ1) is 18.4. The zero-order valence-corrected chi connectivity index (χ0v) is 23.6. The van der Waals surface area contributed by atoms with Crippen LogP contribution in [0.1, 0.15) is 36.3 Å². The molecular formula is C27H23BrN6O2S2. The van der Waals surface area contributed by atoms with Crippen LogP contribution in [0.4, 0.5) is 10.8 Å². The molecule has 3 aromatic rings. The number of thioether (sulfide) groups is 1. The minimum atomic E-state index is -0.528. The van der Waals surface area contributed by atoms with E-state index in [4.69, 9.17) is 5.73 Å². The van der Waals surface area contributed by atoms with Crippen molar-refractivity contribution in [3.63, 3.8) is 0 Å². The molecule has 2 aromatic carbocycles. The smallest absolute Gasteiger partial charge is 0.234 e. The number of nitrogens with one attached hydrogen (secondary N) is 1. The van der Waals surface area contributed by atoms with Gasteiger partial charge in [0.1, 0.15) is 5.82 Å². The summed E-state index contributed by atoms with van der Waals surface area (Å²) in [7, 11) is 0. The highest BCUT2D eigenvalue weighted by molar-refractivity contribution is 9.10. The zero-order chi connectivity index (χ0) is 26.8. The molecule has 0 spiro atoms. The average Bonchev–Trinajstić information content (AvgIpc) is 3.36. The van der Waals surface area contributed by atoms with Gasteiger partial charge in [-0.1, -0.05) is 63.3 Å². The van der Waals surface area contributed by atoms with Gasteiger partial charge in [-0.25, -0.2) is 0 Å². The van der Waals surface area contributed by atoms with Gasteiger partial charge < -0.3 is 11.1 Å². The van der Waals surface area contributed by atoms with E-state index in [1.54, 1.807) is 4.90 Å². The van der Waals surface area contributed by atoms with Crippen molar-refractivity contribution in [3.05, 3.63) is 86.8 Å². The average molecular weight is 608 g/mol. The van der Waals surface area contributed by atoms with Gasteiger partial charge in [-0.3, -0.25) is 14.5 Å². The van der Waals surface area contributed by atoms with Gasteiger partial charge >= 0.3 is 0 Å². The molecule has 1 aliphatic carbocycles. The summed E-state index contributed by atoms with van der Waals surface area (Å²) in [4.78, 5) is 27.4. The molecule has 0 radical (unpaired) electrons. The molecular weight excluding hydrogens is 584 g/mol. The van der Waals surface area contributed by atoms with E-state index < -0.39 is 5.92 Å². The Kier molecular flexibility index (Phi) is 7.65. The lowest BCUT2D eigenvalue weighted by Crippen LogP contribution is -2.38. The first-order valence-corrected chi connectivity index (χ1v) is 14.5. The Labute approximate surface area is 236 Å². The van der Waals surface area contributed by atoms with Crippen molar-refractivity contribution in [2.24, 2.45) is 5.73 Å². The number of ketones is 1. The van der Waals surface area contributed by atoms with Gasteiger partial charge in [0, 0.05) is 27.9 Å². The summed E-state index contributed by atoms with van der Waals surface area (Å²) in [5, 5.41) is 22.1. The molecule has 5 rings (SSSR count). The molecule has 11 heteroatoms. The fraction of sp³-hybridized carbons (Fsp3) is 0.222. The Morgan fingerprint density at radius 1 is 1.26 bits per heavy atom. The number of aromatic nitrogens is 2. The van der Waals surface area contributed by atoms with Gasteiger partial charge in [0.15, 0.2) is 10.1 Å². The molecule has 0 bridgehead atoms. The second-order valence-electron chi connectivity index (χ2n) is 8.92. The van der Waals surface area contributed by atoms with Crippen LogP contribution < -0.4 is 16.0 Å². The lowest BCUT2D eigenvalue weighted by molar-refractivity contribution is -0.116. The molecule has 38 heavy (non-hydrogen) atoms. The highest BCUT2D eigenvalue weighted by Crippen LogP contribution is 2.47. The van der Waals surface area contributed by atoms with Crippen LogP contribution in [-0.2, 0) is 9.59 Å². The van der Waals surface area contributed by atoms with E-state index in [1.807, 2.05) is 55.5 Å². The number of anilines is 2. The number of nitrogens with zero attached hydrogens (tertiary/aromatic N) is 4. The number of hydrogen-bond acceptors (Lipinski definition) is 9. The monoisotopic (exact) mass is 606 g/mol. The van der Waals surface area contributed by atoms with Crippen LogP contribution in [-0.4, -0.2) is 27.6 Å². The van der Waals surface area contributed by atoms with Gasteiger partial charge in [-0.05, 0) is 55.2 Å². The van der Waals surface area contributed by atoms with Crippen LogP contribution in [0.5, 0.6) is 0 Å². The number of amides is 1. The Morgan fingerprint density at radius 2 is 2.05 bits per heavy atom. The predicted octanol–water partition coefficient (Wildman–Crippen LogP) is 5.64. The molecule has 2 aliphatic rings. The number of aryl methyl sites for hydroxylation is 1. The molecule has 0 saturated carbocycles. The molecule has 2 heterocycles. The van der Waals surface area contributed by atoms with Crippen molar-refractivity contribution in [2.75, 3.05) is 16.0 Å². The number of carbonyl (C=O) groups is 2. The summed E-state index contributed by atoms with van der Waals surface area (Å²) in [6.07, 6.45) is 1.75. The maximum atomic E-state index is 13.2. The highest BCUT2D eigenvalue weighted by Gasteiger charge is 2.41. The molecule has 192 valence electrons. The van der Waals surface area contributed by atoms with E-state index in [2.05, 4.69) is 37.5 Å². The molecule has 1 amide bonds. The van der Waals surface area contributed by atoms with Gasteiger partial charge in [-0.2, -0.15) is 5.26 Å². The number of halogens is 1. The standard InChI is InChI=1S/C27H23BrN6O2S2/c1-15-4-2-5-18(12-15)31-22(36)14-37-27-33-32-26(38-27)34-20-6-3-7-21(35)24(20)23(19(13-29)25(34)30)16-8-10-17(28)11-9-16/h2,4-5,8-12,23H,3,6-7,14,30H2,1H3,(H,31,36). The molecule has 1 atom stereocenters. The molecule has 1 unspecified atom stereocenters. The van der Waals surface area contributed by atoms with E-state index in [0.29, 0.717) is 39.9 Å². The number of rotatable bonds is 6. The van der Waals surface area contributed by atoms with E-state index in [1.165, 1.54) is 23.1 Å². The summed E-state index contributed by atoms with van der Waals surface area (Å²) in [6, 6.07) is 17.5. The van der Waals surface area contributed by atoms with E-state index in [9.17, 15) is 14.9 Å². The number of nitrogens with two attached hydrogens (primary N) is 1. The van der Waals surface area contributed by atoms with E-state index in [0.717, 1.165) is 27.0 Å². The van der Waals surface area contributed by atoms with Crippen molar-refractivity contribution in [1.82, 2.24) is 10.2 Å². The quantitative estimate of drug-likeness (QED) is 0.345. The fourth-order valence-corrected chi connectivity index (χ4v) is 6.64. The van der Waals surface area contributed by atoms with E-state index >= 15 is 0 Å². The maximum absolute atomic E-state index is 13.2. The van der Waals surface area contributed by atoms with Gasteiger partial charge in [0.05, 0.1) is 23.3 Å². The minimum Gasteiger partial charge on any atom is -0.384 e. The third-order valence-electron chi connectivity index (χ3n) is 6.33. The van der Waals surface area contributed by atoms with Crippen LogP contribution in [0.3, 0.4) is 0 Å². The topological polar surface area (TPSA) is 125 Å². The van der Waals surface area contributed by atoms with Gasteiger partial charge in [-0.15, -0.1) is 10.2 Å². The number of Topliss-reactive ketones (excluding diaryl/α,β-unsaturated/α-hetero) is 1. The lowest BCUT2D eigenvalue weighted by Gasteiger charge is -2.38. The second-order valence-corrected chi connectivity index (χ2v) is 12.0. The molecule has 8 nitrogen and oxygen atoms in total. The van der Waals surface area contributed by atoms with Crippen molar-refractivity contribution >= 4 is 61.5 Å². The largest absolute Gasteiger partial charge is 0.384 e.